The number of unbranched alkanes of at least 4 members (excludes halogenated alkanes) is 2. The van der Waals surface area contributed by atoms with Gasteiger partial charge in [0.25, 0.3) is 5.91 Å². The molecule has 0 spiro atoms. The number of alkyl halides is 1. The topological polar surface area (TPSA) is 42.0 Å². The van der Waals surface area contributed by atoms with Gasteiger partial charge in [-0.1, -0.05) is 34.0 Å². The zero-order valence-corrected chi connectivity index (χ0v) is 11.2. The van der Waals surface area contributed by atoms with Crippen molar-refractivity contribution in [3.8, 4) is 0 Å². The van der Waals surface area contributed by atoms with Crippen molar-refractivity contribution < 1.29 is 4.79 Å². The van der Waals surface area contributed by atoms with E-state index >= 15 is 0 Å². The molecule has 88 valence electrons. The summed E-state index contributed by atoms with van der Waals surface area (Å²) in [5.41, 5.74) is 0.407. The molecular weight excluding hydrogens is 291 g/mol. The fraction of sp³-hybridized carbons (Fsp3) is 0.455. The lowest BCUT2D eigenvalue weighted by atomic mass is 10.2. The Morgan fingerprint density at radius 1 is 1.38 bits per heavy atom. The molecule has 3 nitrogen and oxygen atoms in total. The summed E-state index contributed by atoms with van der Waals surface area (Å²) in [4.78, 5) is 15.5. The van der Waals surface area contributed by atoms with Gasteiger partial charge in [0, 0.05) is 18.1 Å². The summed E-state index contributed by atoms with van der Waals surface area (Å²) < 4.78 is 0. The van der Waals surface area contributed by atoms with Crippen LogP contribution in [0.2, 0.25) is 5.02 Å². The number of amides is 1. The lowest BCUT2D eigenvalue weighted by Crippen LogP contribution is -2.25. The van der Waals surface area contributed by atoms with E-state index in [0.29, 0.717) is 17.3 Å². The van der Waals surface area contributed by atoms with Gasteiger partial charge in [0.1, 0.15) is 5.69 Å². The van der Waals surface area contributed by atoms with E-state index in [-0.39, 0.29) is 5.91 Å². The van der Waals surface area contributed by atoms with Crippen LogP contribution in [0.1, 0.15) is 29.8 Å². The van der Waals surface area contributed by atoms with Crippen molar-refractivity contribution in [3.63, 3.8) is 0 Å². The van der Waals surface area contributed by atoms with Crippen LogP contribution in [0.15, 0.2) is 18.3 Å². The molecule has 0 radical (unpaired) electrons. The first-order valence-electron chi connectivity index (χ1n) is 5.20. The van der Waals surface area contributed by atoms with Gasteiger partial charge in [-0.25, -0.2) is 4.98 Å². The summed E-state index contributed by atoms with van der Waals surface area (Å²) in [6.45, 7) is 0.691. The summed E-state index contributed by atoms with van der Waals surface area (Å²) in [5.74, 6) is -0.143. The molecule has 0 atom stereocenters. The maximum absolute atomic E-state index is 11.6. The van der Waals surface area contributed by atoms with Gasteiger partial charge >= 0.3 is 0 Å². The van der Waals surface area contributed by atoms with Crippen molar-refractivity contribution >= 4 is 33.4 Å². The first-order chi connectivity index (χ1) is 7.74. The molecule has 1 aromatic rings. The molecule has 0 saturated carbocycles. The molecular formula is C11H14BrClN2O. The van der Waals surface area contributed by atoms with Crippen LogP contribution in [0.4, 0.5) is 0 Å². The Morgan fingerprint density at radius 2 is 2.19 bits per heavy atom. The number of carbonyl (C=O) groups is 1. The Hall–Kier alpha value is -0.610. The van der Waals surface area contributed by atoms with Crippen molar-refractivity contribution in [2.75, 3.05) is 11.9 Å². The molecule has 0 aliphatic rings. The predicted molar refractivity (Wildman–Crippen MR) is 69.2 cm³/mol. The molecule has 0 saturated heterocycles. The van der Waals surface area contributed by atoms with E-state index in [1.54, 1.807) is 12.1 Å². The number of aromatic nitrogens is 1. The maximum atomic E-state index is 11.6. The predicted octanol–water partition coefficient (Wildman–Crippen LogP) is 3.03. The molecule has 0 aliphatic carbocycles. The van der Waals surface area contributed by atoms with Crippen LogP contribution in [0.3, 0.4) is 0 Å². The quantitative estimate of drug-likeness (QED) is 0.648. The van der Waals surface area contributed by atoms with Crippen molar-refractivity contribution in [1.82, 2.24) is 10.3 Å². The van der Waals surface area contributed by atoms with Crippen molar-refractivity contribution in [2.45, 2.75) is 19.3 Å². The summed E-state index contributed by atoms with van der Waals surface area (Å²) in [5, 5.41) is 4.37. The van der Waals surface area contributed by atoms with Gasteiger partial charge in [-0.15, -0.1) is 0 Å². The molecule has 1 rings (SSSR count). The summed E-state index contributed by atoms with van der Waals surface area (Å²) in [7, 11) is 0. The average molecular weight is 306 g/mol. The SMILES string of the molecule is O=C(NCCCCCBr)c1ccc(Cl)cn1. The summed E-state index contributed by atoms with van der Waals surface area (Å²) >= 11 is 9.04. The standard InChI is InChI=1S/C11H14BrClN2O/c12-6-2-1-3-7-14-11(16)10-5-4-9(13)8-15-10/h4-5,8H,1-3,6-7H2,(H,14,16). The Morgan fingerprint density at radius 3 is 2.81 bits per heavy atom. The van der Waals surface area contributed by atoms with Gasteiger partial charge in [0.15, 0.2) is 0 Å². The van der Waals surface area contributed by atoms with Crippen LogP contribution in [0.25, 0.3) is 0 Å². The molecule has 0 aromatic carbocycles. The summed E-state index contributed by atoms with van der Waals surface area (Å²) in [6.07, 6.45) is 4.71. The van der Waals surface area contributed by atoms with Gasteiger partial charge in [-0.05, 0) is 25.0 Å². The molecule has 1 heterocycles. The second-order valence-electron chi connectivity index (χ2n) is 3.37. The number of rotatable bonds is 6. The zero-order valence-electron chi connectivity index (χ0n) is 8.88. The molecule has 0 unspecified atom stereocenters. The number of pyridine rings is 1. The van der Waals surface area contributed by atoms with Crippen LogP contribution in [0, 0.1) is 0 Å². The van der Waals surface area contributed by atoms with E-state index in [1.807, 2.05) is 0 Å². The highest BCUT2D eigenvalue weighted by Gasteiger charge is 2.05. The minimum absolute atomic E-state index is 0.143. The molecule has 16 heavy (non-hydrogen) atoms. The number of nitrogens with one attached hydrogen (secondary N) is 1. The Kier molecular flexibility index (Phi) is 6.42. The second-order valence-corrected chi connectivity index (χ2v) is 4.60. The Balaban J connectivity index is 2.27. The second kappa shape index (κ2) is 7.63. The highest BCUT2D eigenvalue weighted by Crippen LogP contribution is 2.06. The Bertz CT molecular complexity index is 329. The smallest absolute Gasteiger partial charge is 0.269 e. The maximum Gasteiger partial charge on any atom is 0.269 e. The van der Waals surface area contributed by atoms with E-state index in [1.165, 1.54) is 6.20 Å². The number of hydrogen-bond acceptors (Lipinski definition) is 2. The third-order valence-electron chi connectivity index (χ3n) is 2.06. The van der Waals surface area contributed by atoms with Gasteiger partial charge in [0.05, 0.1) is 5.02 Å². The van der Waals surface area contributed by atoms with Crippen molar-refractivity contribution in [1.29, 1.82) is 0 Å². The lowest BCUT2D eigenvalue weighted by molar-refractivity contribution is 0.0948. The van der Waals surface area contributed by atoms with Crippen LogP contribution < -0.4 is 5.32 Å². The van der Waals surface area contributed by atoms with Crippen LogP contribution in [0.5, 0.6) is 0 Å². The van der Waals surface area contributed by atoms with E-state index in [2.05, 4.69) is 26.2 Å². The highest BCUT2D eigenvalue weighted by atomic mass is 79.9. The van der Waals surface area contributed by atoms with E-state index < -0.39 is 0 Å². The van der Waals surface area contributed by atoms with Crippen molar-refractivity contribution in [2.24, 2.45) is 0 Å². The monoisotopic (exact) mass is 304 g/mol. The molecule has 5 heteroatoms. The van der Waals surface area contributed by atoms with Crippen LogP contribution >= 0.6 is 27.5 Å². The van der Waals surface area contributed by atoms with Gasteiger partial charge in [-0.3, -0.25) is 4.79 Å². The first-order valence-corrected chi connectivity index (χ1v) is 6.69. The van der Waals surface area contributed by atoms with E-state index in [9.17, 15) is 4.79 Å². The van der Waals surface area contributed by atoms with Gasteiger partial charge in [0.2, 0.25) is 0 Å². The molecule has 1 aromatic heterocycles. The third-order valence-corrected chi connectivity index (χ3v) is 2.84. The van der Waals surface area contributed by atoms with E-state index in [0.717, 1.165) is 24.6 Å². The van der Waals surface area contributed by atoms with Gasteiger partial charge in [-0.2, -0.15) is 0 Å². The minimum Gasteiger partial charge on any atom is -0.351 e. The number of nitrogens with zero attached hydrogens (tertiary/aromatic N) is 1. The minimum atomic E-state index is -0.143. The first kappa shape index (κ1) is 13.5. The normalized spacial score (nSPS) is 10.1. The largest absolute Gasteiger partial charge is 0.351 e. The number of halogens is 2. The highest BCUT2D eigenvalue weighted by molar-refractivity contribution is 9.09. The molecule has 0 aliphatic heterocycles. The number of hydrogen-bond donors (Lipinski definition) is 1. The van der Waals surface area contributed by atoms with Crippen LogP contribution in [-0.4, -0.2) is 22.8 Å². The van der Waals surface area contributed by atoms with Crippen LogP contribution in [-0.2, 0) is 0 Å². The molecule has 0 bridgehead atoms. The van der Waals surface area contributed by atoms with E-state index in [4.69, 9.17) is 11.6 Å². The van der Waals surface area contributed by atoms with Crippen molar-refractivity contribution in [3.05, 3.63) is 29.0 Å². The average Bonchev–Trinajstić information content (AvgIpc) is 2.29. The van der Waals surface area contributed by atoms with Gasteiger partial charge < -0.3 is 5.32 Å². The lowest BCUT2D eigenvalue weighted by Gasteiger charge is -2.03. The molecule has 1 amide bonds. The molecule has 0 fully saturated rings. The fourth-order valence-electron chi connectivity index (χ4n) is 1.20. The molecule has 1 N–H and O–H groups in total. The Labute approximate surface area is 109 Å². The zero-order chi connectivity index (χ0) is 11.8. The fourth-order valence-corrected chi connectivity index (χ4v) is 1.71. The summed E-state index contributed by atoms with van der Waals surface area (Å²) in [6, 6.07) is 3.28. The third kappa shape index (κ3) is 4.94. The number of carbonyl (C=O) groups excluding carboxylic acids is 1.